The van der Waals surface area contributed by atoms with Crippen molar-refractivity contribution in [3.8, 4) is 0 Å². The standard InChI is InChI=1S/C12H14N4O3/c13-15-14-6-5-9-1-3-10(4-2-9)16-7-11(8-17)19-12(16)18/h1-4,11,17H,5-8H2/t11-/m1/s1. The molecule has 0 aliphatic carbocycles. The molecule has 0 radical (unpaired) electrons. The molecule has 19 heavy (non-hydrogen) atoms. The molecule has 1 fully saturated rings. The van der Waals surface area contributed by atoms with Gasteiger partial charge in [-0.15, -0.1) is 0 Å². The van der Waals surface area contributed by atoms with Crippen LogP contribution in [0.5, 0.6) is 0 Å². The van der Waals surface area contributed by atoms with Crippen molar-refractivity contribution in [2.75, 3.05) is 24.6 Å². The number of benzene rings is 1. The maximum Gasteiger partial charge on any atom is 0.414 e. The Morgan fingerprint density at radius 3 is 2.79 bits per heavy atom. The van der Waals surface area contributed by atoms with Crippen LogP contribution in [-0.4, -0.2) is 37.0 Å². The number of aliphatic hydroxyl groups excluding tert-OH is 1. The number of nitrogens with zero attached hydrogens (tertiary/aromatic N) is 4. The van der Waals surface area contributed by atoms with Crippen LogP contribution in [0.1, 0.15) is 5.56 Å². The molecule has 1 aliphatic rings. The fourth-order valence-electron chi connectivity index (χ4n) is 1.89. The summed E-state index contributed by atoms with van der Waals surface area (Å²) in [5, 5.41) is 12.4. The molecule has 1 N–H and O–H groups in total. The van der Waals surface area contributed by atoms with Gasteiger partial charge in [0, 0.05) is 17.1 Å². The van der Waals surface area contributed by atoms with E-state index < -0.39 is 12.2 Å². The highest BCUT2D eigenvalue weighted by molar-refractivity contribution is 5.89. The third-order valence-electron chi connectivity index (χ3n) is 2.89. The van der Waals surface area contributed by atoms with E-state index in [0.717, 1.165) is 11.3 Å². The van der Waals surface area contributed by atoms with Gasteiger partial charge in [0.25, 0.3) is 0 Å². The van der Waals surface area contributed by atoms with Crippen LogP contribution >= 0.6 is 0 Å². The van der Waals surface area contributed by atoms with Crippen molar-refractivity contribution >= 4 is 11.8 Å². The summed E-state index contributed by atoms with van der Waals surface area (Å²) >= 11 is 0. The molecule has 1 heterocycles. The number of ether oxygens (including phenoxy) is 1. The zero-order chi connectivity index (χ0) is 13.7. The van der Waals surface area contributed by atoms with Gasteiger partial charge in [-0.3, -0.25) is 4.90 Å². The zero-order valence-corrected chi connectivity index (χ0v) is 10.3. The lowest BCUT2D eigenvalue weighted by Gasteiger charge is -2.13. The Morgan fingerprint density at radius 2 is 2.21 bits per heavy atom. The summed E-state index contributed by atoms with van der Waals surface area (Å²) in [5.41, 5.74) is 9.95. The van der Waals surface area contributed by atoms with Crippen LogP contribution in [0.3, 0.4) is 0 Å². The average Bonchev–Trinajstić information content (AvgIpc) is 2.81. The quantitative estimate of drug-likeness (QED) is 0.498. The number of hydrogen-bond acceptors (Lipinski definition) is 4. The van der Waals surface area contributed by atoms with Crippen molar-refractivity contribution in [3.63, 3.8) is 0 Å². The Balaban J connectivity index is 2.02. The van der Waals surface area contributed by atoms with Gasteiger partial charge in [-0.1, -0.05) is 17.2 Å². The van der Waals surface area contributed by atoms with E-state index in [9.17, 15) is 4.79 Å². The van der Waals surface area contributed by atoms with Gasteiger partial charge in [-0.05, 0) is 29.6 Å². The molecule has 1 atom stereocenters. The monoisotopic (exact) mass is 262 g/mol. The molecule has 1 aromatic carbocycles. The number of carbonyl (C=O) groups excluding carboxylic acids is 1. The van der Waals surface area contributed by atoms with Crippen molar-refractivity contribution in [1.82, 2.24) is 0 Å². The van der Waals surface area contributed by atoms with Crippen molar-refractivity contribution in [2.24, 2.45) is 5.11 Å². The second-order valence-electron chi connectivity index (χ2n) is 4.17. The van der Waals surface area contributed by atoms with Crippen molar-refractivity contribution in [2.45, 2.75) is 12.5 Å². The summed E-state index contributed by atoms with van der Waals surface area (Å²) < 4.78 is 4.97. The van der Waals surface area contributed by atoms with E-state index in [-0.39, 0.29) is 6.61 Å². The van der Waals surface area contributed by atoms with Crippen molar-refractivity contribution in [3.05, 3.63) is 40.3 Å². The topological polar surface area (TPSA) is 98.5 Å². The van der Waals surface area contributed by atoms with E-state index in [1.807, 2.05) is 24.3 Å². The fraction of sp³-hybridized carbons (Fsp3) is 0.417. The molecule has 1 saturated heterocycles. The van der Waals surface area contributed by atoms with Gasteiger partial charge in [0.15, 0.2) is 0 Å². The van der Waals surface area contributed by atoms with Gasteiger partial charge >= 0.3 is 6.09 Å². The summed E-state index contributed by atoms with van der Waals surface area (Å²) in [6, 6.07) is 7.38. The number of cyclic esters (lactones) is 1. The predicted molar refractivity (Wildman–Crippen MR) is 68.9 cm³/mol. The molecule has 0 spiro atoms. The van der Waals surface area contributed by atoms with E-state index in [0.29, 0.717) is 19.5 Å². The second-order valence-corrected chi connectivity index (χ2v) is 4.17. The number of carbonyl (C=O) groups is 1. The minimum absolute atomic E-state index is 0.174. The summed E-state index contributed by atoms with van der Waals surface area (Å²) in [6.45, 7) is 0.591. The van der Waals surface area contributed by atoms with Crippen LogP contribution in [0, 0.1) is 0 Å². The molecule has 1 aromatic rings. The molecule has 0 aromatic heterocycles. The van der Waals surface area contributed by atoms with Crippen LogP contribution in [-0.2, 0) is 11.2 Å². The maximum atomic E-state index is 11.6. The number of aliphatic hydroxyl groups is 1. The smallest absolute Gasteiger partial charge is 0.414 e. The largest absolute Gasteiger partial charge is 0.441 e. The Bertz CT molecular complexity index is 496. The first-order valence-corrected chi connectivity index (χ1v) is 5.93. The van der Waals surface area contributed by atoms with Crippen molar-refractivity contribution < 1.29 is 14.6 Å². The molecule has 1 aliphatic heterocycles. The van der Waals surface area contributed by atoms with E-state index in [1.165, 1.54) is 4.90 Å². The number of hydrogen-bond donors (Lipinski definition) is 1. The molecule has 0 saturated carbocycles. The summed E-state index contributed by atoms with van der Waals surface area (Å²) in [7, 11) is 0. The summed E-state index contributed by atoms with van der Waals surface area (Å²) in [6.07, 6.45) is -0.244. The number of amides is 1. The van der Waals surface area contributed by atoms with E-state index >= 15 is 0 Å². The summed E-state index contributed by atoms with van der Waals surface area (Å²) in [5.74, 6) is 0. The minimum atomic E-state index is -0.461. The molecule has 7 nitrogen and oxygen atoms in total. The first-order valence-electron chi connectivity index (χ1n) is 5.93. The number of azide groups is 1. The third-order valence-corrected chi connectivity index (χ3v) is 2.89. The van der Waals surface area contributed by atoms with E-state index in [2.05, 4.69) is 10.0 Å². The lowest BCUT2D eigenvalue weighted by Crippen LogP contribution is -2.25. The highest BCUT2D eigenvalue weighted by Gasteiger charge is 2.31. The Labute approximate surface area is 110 Å². The zero-order valence-electron chi connectivity index (χ0n) is 10.3. The Morgan fingerprint density at radius 1 is 1.47 bits per heavy atom. The number of rotatable bonds is 5. The molecular weight excluding hydrogens is 248 g/mol. The van der Waals surface area contributed by atoms with E-state index in [1.54, 1.807) is 0 Å². The second kappa shape index (κ2) is 6.08. The first kappa shape index (κ1) is 13.2. The highest BCUT2D eigenvalue weighted by Crippen LogP contribution is 2.22. The molecule has 7 heteroatoms. The lowest BCUT2D eigenvalue weighted by atomic mass is 10.1. The van der Waals surface area contributed by atoms with Gasteiger partial charge < -0.3 is 9.84 Å². The molecule has 1 amide bonds. The highest BCUT2D eigenvalue weighted by atomic mass is 16.6. The molecule has 2 rings (SSSR count). The predicted octanol–water partition coefficient (Wildman–Crippen LogP) is 1.86. The lowest BCUT2D eigenvalue weighted by molar-refractivity contribution is 0.0963. The van der Waals surface area contributed by atoms with Crippen LogP contribution in [0.15, 0.2) is 29.4 Å². The molecule has 100 valence electrons. The van der Waals surface area contributed by atoms with E-state index in [4.69, 9.17) is 15.4 Å². The minimum Gasteiger partial charge on any atom is -0.441 e. The van der Waals surface area contributed by atoms with Gasteiger partial charge in [0.1, 0.15) is 6.10 Å². The Kier molecular flexibility index (Phi) is 4.22. The fourth-order valence-corrected chi connectivity index (χ4v) is 1.89. The maximum absolute atomic E-state index is 11.6. The SMILES string of the molecule is [N-]=[N+]=NCCc1ccc(N2C[C@H](CO)OC2=O)cc1. The molecule has 0 unspecified atom stereocenters. The van der Waals surface area contributed by atoms with Crippen LogP contribution in [0.2, 0.25) is 0 Å². The normalized spacial score (nSPS) is 18.1. The first-order chi connectivity index (χ1) is 9.24. The van der Waals surface area contributed by atoms with Gasteiger partial charge in [0.05, 0.1) is 13.2 Å². The van der Waals surface area contributed by atoms with Gasteiger partial charge in [-0.2, -0.15) is 0 Å². The molecular formula is C12H14N4O3. The molecule has 0 bridgehead atoms. The summed E-state index contributed by atoms with van der Waals surface area (Å²) in [4.78, 5) is 15.8. The Hall–Kier alpha value is -2.24. The van der Waals surface area contributed by atoms with Crippen LogP contribution in [0.4, 0.5) is 10.5 Å². The van der Waals surface area contributed by atoms with Gasteiger partial charge in [0.2, 0.25) is 0 Å². The van der Waals surface area contributed by atoms with Crippen LogP contribution in [0.25, 0.3) is 10.4 Å². The number of anilines is 1. The average molecular weight is 262 g/mol. The van der Waals surface area contributed by atoms with Crippen LogP contribution < -0.4 is 4.90 Å². The third kappa shape index (κ3) is 3.15. The van der Waals surface area contributed by atoms with Crippen molar-refractivity contribution in [1.29, 1.82) is 0 Å². The van der Waals surface area contributed by atoms with Gasteiger partial charge in [-0.25, -0.2) is 4.79 Å².